The summed E-state index contributed by atoms with van der Waals surface area (Å²) in [6, 6.07) is 1.75. The van der Waals surface area contributed by atoms with Crippen molar-refractivity contribution in [1.29, 1.82) is 0 Å². The fourth-order valence-electron chi connectivity index (χ4n) is 1.17. The van der Waals surface area contributed by atoms with Crippen molar-refractivity contribution in [2.45, 2.75) is 0 Å². The van der Waals surface area contributed by atoms with E-state index in [0.717, 1.165) is 0 Å². The predicted molar refractivity (Wildman–Crippen MR) is 49.5 cm³/mol. The molecule has 1 amide bonds. The monoisotopic (exact) mass is 191 g/mol. The van der Waals surface area contributed by atoms with Crippen LogP contribution < -0.4 is 10.9 Å². The van der Waals surface area contributed by atoms with Gasteiger partial charge in [0.25, 0.3) is 5.91 Å². The first-order valence-electron chi connectivity index (χ1n) is 4.08. The topological polar surface area (TPSA) is 71.3 Å². The molecule has 2 aromatic heterocycles. The van der Waals surface area contributed by atoms with Gasteiger partial charge in [0.2, 0.25) is 0 Å². The van der Waals surface area contributed by atoms with E-state index < -0.39 is 0 Å². The number of rotatable bonds is 2. The molecule has 14 heavy (non-hydrogen) atoms. The molecule has 0 fully saturated rings. The van der Waals surface area contributed by atoms with Crippen molar-refractivity contribution in [3.63, 3.8) is 0 Å². The zero-order valence-electron chi connectivity index (χ0n) is 7.56. The van der Waals surface area contributed by atoms with Crippen molar-refractivity contribution in [3.8, 4) is 0 Å². The third kappa shape index (κ3) is 1.31. The summed E-state index contributed by atoms with van der Waals surface area (Å²) < 4.78 is 1.55. The van der Waals surface area contributed by atoms with E-state index in [1.165, 1.54) is 6.20 Å². The highest BCUT2D eigenvalue weighted by Crippen LogP contribution is 2.05. The summed E-state index contributed by atoms with van der Waals surface area (Å²) in [6.45, 7) is 0. The fourth-order valence-corrected chi connectivity index (χ4v) is 1.17. The number of nitrogens with one attached hydrogen (secondary N) is 2. The van der Waals surface area contributed by atoms with Gasteiger partial charge >= 0.3 is 0 Å². The largest absolute Gasteiger partial charge is 0.288 e. The Labute approximate surface area is 79.9 Å². The second kappa shape index (κ2) is 3.43. The number of fused-ring (bicyclic) bond motifs is 1. The Kier molecular flexibility index (Phi) is 2.11. The van der Waals surface area contributed by atoms with E-state index in [-0.39, 0.29) is 5.91 Å². The number of carbonyl (C=O) groups is 1. The second-order valence-electron chi connectivity index (χ2n) is 2.65. The standard InChI is InChI=1S/C8H9N5O/c1-9-12-8(14)6-5-11-13-4-2-3-10-7(6)13/h2-5,9H,1H3,(H,12,14). The molecule has 0 saturated carbocycles. The number of carbonyl (C=O) groups excluding carboxylic acids is 1. The Morgan fingerprint density at radius 1 is 1.57 bits per heavy atom. The Hall–Kier alpha value is -1.95. The molecule has 2 aromatic rings. The molecule has 0 aromatic carbocycles. The Morgan fingerprint density at radius 3 is 3.21 bits per heavy atom. The minimum Gasteiger partial charge on any atom is -0.288 e. The predicted octanol–water partition coefficient (Wildman–Crippen LogP) is -0.407. The maximum atomic E-state index is 11.5. The number of hydrogen-bond donors (Lipinski definition) is 2. The van der Waals surface area contributed by atoms with Gasteiger partial charge in [0.1, 0.15) is 5.56 Å². The maximum absolute atomic E-state index is 11.5. The van der Waals surface area contributed by atoms with Crippen LogP contribution in [0.3, 0.4) is 0 Å². The summed E-state index contributed by atoms with van der Waals surface area (Å²) in [6.07, 6.45) is 4.83. The number of nitrogens with zero attached hydrogens (tertiary/aromatic N) is 3. The van der Waals surface area contributed by atoms with Crippen LogP contribution in [0.5, 0.6) is 0 Å². The van der Waals surface area contributed by atoms with Gasteiger partial charge in [-0.05, 0) is 6.07 Å². The summed E-state index contributed by atoms with van der Waals surface area (Å²) in [4.78, 5) is 15.5. The highest BCUT2D eigenvalue weighted by Gasteiger charge is 2.11. The summed E-state index contributed by atoms with van der Waals surface area (Å²) in [5, 5.41) is 3.99. The SMILES string of the molecule is CNNC(=O)c1cnn2cccnc12. The summed E-state index contributed by atoms with van der Waals surface area (Å²) >= 11 is 0. The first-order chi connectivity index (χ1) is 6.83. The number of hydrazine groups is 1. The van der Waals surface area contributed by atoms with E-state index in [1.807, 2.05) is 0 Å². The van der Waals surface area contributed by atoms with Crippen molar-refractivity contribution in [2.24, 2.45) is 0 Å². The van der Waals surface area contributed by atoms with Gasteiger partial charge in [-0.25, -0.2) is 14.9 Å². The molecule has 0 aliphatic heterocycles. The zero-order chi connectivity index (χ0) is 9.97. The lowest BCUT2D eigenvalue weighted by Gasteiger charge is -1.99. The molecule has 0 bridgehead atoms. The third-order valence-corrected chi connectivity index (χ3v) is 1.76. The first kappa shape index (κ1) is 8.64. The zero-order valence-corrected chi connectivity index (χ0v) is 7.56. The van der Waals surface area contributed by atoms with Gasteiger partial charge in [-0.3, -0.25) is 10.2 Å². The highest BCUT2D eigenvalue weighted by molar-refractivity contribution is 5.99. The first-order valence-corrected chi connectivity index (χ1v) is 4.08. The molecule has 0 saturated heterocycles. The average Bonchev–Trinajstić information content (AvgIpc) is 2.61. The Morgan fingerprint density at radius 2 is 2.43 bits per heavy atom. The molecular formula is C8H9N5O. The summed E-state index contributed by atoms with van der Waals surface area (Å²) in [5.41, 5.74) is 6.00. The van der Waals surface area contributed by atoms with Crippen molar-refractivity contribution >= 4 is 11.6 Å². The molecule has 6 heteroatoms. The molecular weight excluding hydrogens is 182 g/mol. The molecule has 0 spiro atoms. The van der Waals surface area contributed by atoms with Crippen molar-refractivity contribution < 1.29 is 4.79 Å². The van der Waals surface area contributed by atoms with Crippen LogP contribution in [0.2, 0.25) is 0 Å². The van der Waals surface area contributed by atoms with Crippen molar-refractivity contribution in [2.75, 3.05) is 7.05 Å². The van der Waals surface area contributed by atoms with E-state index >= 15 is 0 Å². The molecule has 0 atom stereocenters. The summed E-state index contributed by atoms with van der Waals surface area (Å²) in [5.74, 6) is -0.249. The highest BCUT2D eigenvalue weighted by atomic mass is 16.2. The van der Waals surface area contributed by atoms with E-state index in [9.17, 15) is 4.79 Å². The lowest BCUT2D eigenvalue weighted by atomic mass is 10.3. The van der Waals surface area contributed by atoms with Crippen molar-refractivity contribution in [1.82, 2.24) is 25.4 Å². The van der Waals surface area contributed by atoms with E-state index in [4.69, 9.17) is 0 Å². The molecule has 6 nitrogen and oxygen atoms in total. The molecule has 2 N–H and O–H groups in total. The number of hydrogen-bond acceptors (Lipinski definition) is 4. The molecule has 2 heterocycles. The summed E-state index contributed by atoms with van der Waals surface area (Å²) in [7, 11) is 1.62. The number of aromatic nitrogens is 3. The van der Waals surface area contributed by atoms with Crippen LogP contribution in [0.25, 0.3) is 5.65 Å². The second-order valence-corrected chi connectivity index (χ2v) is 2.65. The fraction of sp³-hybridized carbons (Fsp3) is 0.125. The van der Waals surface area contributed by atoms with Crippen LogP contribution >= 0.6 is 0 Å². The van der Waals surface area contributed by atoms with Gasteiger partial charge in [0.05, 0.1) is 6.20 Å². The lowest BCUT2D eigenvalue weighted by Crippen LogP contribution is -2.34. The van der Waals surface area contributed by atoms with E-state index in [2.05, 4.69) is 20.9 Å². The molecule has 2 rings (SSSR count). The minimum atomic E-state index is -0.249. The van der Waals surface area contributed by atoms with E-state index in [0.29, 0.717) is 11.2 Å². The molecule has 0 radical (unpaired) electrons. The van der Waals surface area contributed by atoms with Gasteiger partial charge in [-0.2, -0.15) is 5.10 Å². The van der Waals surface area contributed by atoms with Gasteiger partial charge < -0.3 is 0 Å². The molecule has 0 aliphatic rings. The Balaban J connectivity index is 2.47. The molecule has 72 valence electrons. The van der Waals surface area contributed by atoms with Crippen LogP contribution in [0.4, 0.5) is 0 Å². The smallest absolute Gasteiger partial charge is 0.270 e. The maximum Gasteiger partial charge on any atom is 0.270 e. The van der Waals surface area contributed by atoms with Crippen LogP contribution in [-0.2, 0) is 0 Å². The van der Waals surface area contributed by atoms with Gasteiger partial charge in [0, 0.05) is 19.4 Å². The van der Waals surface area contributed by atoms with Crippen LogP contribution in [0.1, 0.15) is 10.4 Å². The molecule has 0 unspecified atom stereocenters. The lowest BCUT2D eigenvalue weighted by molar-refractivity contribution is 0.0939. The van der Waals surface area contributed by atoms with Gasteiger partial charge in [-0.1, -0.05) is 0 Å². The minimum absolute atomic E-state index is 0.249. The van der Waals surface area contributed by atoms with Gasteiger partial charge in [-0.15, -0.1) is 0 Å². The normalized spacial score (nSPS) is 10.4. The van der Waals surface area contributed by atoms with Crippen LogP contribution in [0, 0.1) is 0 Å². The number of amides is 1. The Bertz CT molecular complexity index is 463. The third-order valence-electron chi connectivity index (χ3n) is 1.76. The van der Waals surface area contributed by atoms with E-state index in [1.54, 1.807) is 30.0 Å². The van der Waals surface area contributed by atoms with Crippen molar-refractivity contribution in [3.05, 3.63) is 30.2 Å². The average molecular weight is 191 g/mol. The van der Waals surface area contributed by atoms with Crippen LogP contribution in [0.15, 0.2) is 24.7 Å². The van der Waals surface area contributed by atoms with Crippen LogP contribution in [-0.4, -0.2) is 27.6 Å². The molecule has 0 aliphatic carbocycles. The van der Waals surface area contributed by atoms with Gasteiger partial charge in [0.15, 0.2) is 5.65 Å². The quantitative estimate of drug-likeness (QED) is 0.633.